The molecule has 1 unspecified atom stereocenters. The minimum absolute atomic E-state index is 0.106. The fourth-order valence-corrected chi connectivity index (χ4v) is 4.56. The van der Waals surface area contributed by atoms with E-state index in [4.69, 9.17) is 11.6 Å². The van der Waals surface area contributed by atoms with E-state index in [1.54, 1.807) is 37.3 Å². The van der Waals surface area contributed by atoms with Crippen molar-refractivity contribution in [3.8, 4) is 0 Å². The van der Waals surface area contributed by atoms with E-state index in [2.05, 4.69) is 5.32 Å². The molecule has 0 aromatic heterocycles. The number of likely N-dealkylation sites (N-methyl/N-ethyl adjacent to an activating group) is 1. The second-order valence-corrected chi connectivity index (χ2v) is 10.3. The number of rotatable bonds is 11. The monoisotopic (exact) mass is 493 g/mol. The van der Waals surface area contributed by atoms with Gasteiger partial charge < -0.3 is 10.2 Å². The van der Waals surface area contributed by atoms with Gasteiger partial charge in [-0.05, 0) is 62.6 Å². The van der Waals surface area contributed by atoms with Crippen molar-refractivity contribution in [3.63, 3.8) is 0 Å². The summed E-state index contributed by atoms with van der Waals surface area (Å²) in [6, 6.07) is 13.7. The molecule has 0 spiro atoms. The number of amides is 2. The summed E-state index contributed by atoms with van der Waals surface area (Å²) in [4.78, 5) is 27.1. The number of halogens is 1. The minimum Gasteiger partial charge on any atom is -0.355 e. The first kappa shape index (κ1) is 26.7. The lowest BCUT2D eigenvalue weighted by Crippen LogP contribution is -2.47. The van der Waals surface area contributed by atoms with Gasteiger partial charge in [0.15, 0.2) is 0 Å². The molecule has 180 valence electrons. The molecule has 2 aromatic carbocycles. The van der Waals surface area contributed by atoms with E-state index in [1.807, 2.05) is 32.0 Å². The predicted molar refractivity (Wildman–Crippen MR) is 133 cm³/mol. The Labute approximate surface area is 201 Å². The highest BCUT2D eigenvalue weighted by Gasteiger charge is 2.26. The molecule has 1 atom stereocenters. The van der Waals surface area contributed by atoms with Crippen LogP contribution < -0.4 is 9.62 Å². The van der Waals surface area contributed by atoms with E-state index < -0.39 is 16.1 Å². The molecule has 0 saturated heterocycles. The number of carbonyl (C=O) groups is 2. The van der Waals surface area contributed by atoms with Crippen LogP contribution in [0, 0.1) is 6.92 Å². The van der Waals surface area contributed by atoms with Crippen molar-refractivity contribution in [1.29, 1.82) is 0 Å². The van der Waals surface area contributed by atoms with E-state index in [1.165, 1.54) is 9.21 Å². The average molecular weight is 494 g/mol. The summed E-state index contributed by atoms with van der Waals surface area (Å²) in [5, 5.41) is 3.34. The third-order valence-corrected chi connectivity index (χ3v) is 6.67. The first-order valence-electron chi connectivity index (χ1n) is 10.9. The number of carbonyl (C=O) groups excluding carboxylic acids is 2. The summed E-state index contributed by atoms with van der Waals surface area (Å²) < 4.78 is 26.0. The van der Waals surface area contributed by atoms with E-state index in [-0.39, 0.29) is 31.3 Å². The number of hydrogen-bond acceptors (Lipinski definition) is 4. The molecule has 0 saturated carbocycles. The minimum atomic E-state index is -3.51. The fourth-order valence-electron chi connectivity index (χ4n) is 3.48. The van der Waals surface area contributed by atoms with Crippen molar-refractivity contribution < 1.29 is 18.0 Å². The van der Waals surface area contributed by atoms with Crippen molar-refractivity contribution in [1.82, 2.24) is 10.2 Å². The highest BCUT2D eigenvalue weighted by Crippen LogP contribution is 2.20. The molecule has 9 heteroatoms. The smallest absolute Gasteiger partial charge is 0.242 e. The molecule has 0 fully saturated rings. The second kappa shape index (κ2) is 12.0. The molecule has 7 nitrogen and oxygen atoms in total. The molecular formula is C24H32ClN3O4S. The molecule has 33 heavy (non-hydrogen) atoms. The van der Waals surface area contributed by atoms with Crippen molar-refractivity contribution in [2.45, 2.75) is 46.2 Å². The average Bonchev–Trinajstić information content (AvgIpc) is 2.75. The van der Waals surface area contributed by atoms with Gasteiger partial charge in [0.2, 0.25) is 21.8 Å². The Morgan fingerprint density at radius 3 is 2.36 bits per heavy atom. The van der Waals surface area contributed by atoms with Gasteiger partial charge in [-0.25, -0.2) is 8.42 Å². The van der Waals surface area contributed by atoms with Crippen LogP contribution in [0.25, 0.3) is 0 Å². The molecule has 2 amide bonds. The molecule has 0 heterocycles. The highest BCUT2D eigenvalue weighted by molar-refractivity contribution is 7.92. The van der Waals surface area contributed by atoms with Gasteiger partial charge in [-0.3, -0.25) is 13.9 Å². The van der Waals surface area contributed by atoms with E-state index in [0.717, 1.165) is 17.4 Å². The Morgan fingerprint density at radius 2 is 1.79 bits per heavy atom. The molecule has 0 aliphatic rings. The Bertz CT molecular complexity index is 1060. The maximum absolute atomic E-state index is 13.1. The third-order valence-electron chi connectivity index (χ3n) is 5.23. The second-order valence-electron chi connectivity index (χ2n) is 8.00. The molecule has 0 aliphatic heterocycles. The van der Waals surface area contributed by atoms with Crippen LogP contribution in [-0.2, 0) is 26.2 Å². The summed E-state index contributed by atoms with van der Waals surface area (Å²) in [6.07, 6.45) is 1.58. The summed E-state index contributed by atoms with van der Waals surface area (Å²) in [6.45, 7) is 6.28. The first-order chi connectivity index (χ1) is 15.5. The van der Waals surface area contributed by atoms with E-state index in [9.17, 15) is 18.0 Å². The van der Waals surface area contributed by atoms with Crippen LogP contribution in [0.5, 0.6) is 0 Å². The molecule has 2 aromatic rings. The zero-order chi connectivity index (χ0) is 24.6. The summed E-state index contributed by atoms with van der Waals surface area (Å²) >= 11 is 5.96. The van der Waals surface area contributed by atoms with Crippen LogP contribution in [-0.4, -0.2) is 50.5 Å². The summed E-state index contributed by atoms with van der Waals surface area (Å²) in [7, 11) is -3.51. The number of nitrogens with one attached hydrogen (secondary N) is 1. The van der Waals surface area contributed by atoms with Crippen LogP contribution in [0.1, 0.15) is 37.8 Å². The largest absolute Gasteiger partial charge is 0.355 e. The van der Waals surface area contributed by atoms with Crippen molar-refractivity contribution in [2.75, 3.05) is 23.7 Å². The standard InChI is InChI=1S/C24H32ClN3O4S/c1-5-26-24(30)19(3)27(17-20-11-13-21(25)14-12-20)23(29)10-7-15-28(33(4,31)32)22-9-6-8-18(2)16-22/h6,8-9,11-14,16,19H,5,7,10,15,17H2,1-4H3,(H,26,30). The molecule has 0 aliphatic carbocycles. The van der Waals surface area contributed by atoms with E-state index >= 15 is 0 Å². The molecule has 0 radical (unpaired) electrons. The van der Waals surface area contributed by atoms with Gasteiger partial charge in [0.25, 0.3) is 0 Å². The molecule has 2 rings (SSSR count). The number of sulfonamides is 1. The fraction of sp³-hybridized carbons (Fsp3) is 0.417. The van der Waals surface area contributed by atoms with Crippen LogP contribution in [0.2, 0.25) is 5.02 Å². The Kier molecular flexibility index (Phi) is 9.73. The lowest BCUT2D eigenvalue weighted by Gasteiger charge is -2.29. The topological polar surface area (TPSA) is 86.8 Å². The highest BCUT2D eigenvalue weighted by atomic mass is 35.5. The molecule has 1 N–H and O–H groups in total. The SMILES string of the molecule is CCNC(=O)C(C)N(Cc1ccc(Cl)cc1)C(=O)CCCN(c1cccc(C)c1)S(C)(=O)=O. The van der Waals surface area contributed by atoms with Crippen LogP contribution in [0.15, 0.2) is 48.5 Å². The number of anilines is 1. The maximum atomic E-state index is 13.1. The van der Waals surface area contributed by atoms with Crippen LogP contribution >= 0.6 is 11.6 Å². The summed E-state index contributed by atoms with van der Waals surface area (Å²) in [5.41, 5.74) is 2.36. The van der Waals surface area contributed by atoms with Crippen molar-refractivity contribution >= 4 is 39.1 Å². The number of hydrogen-bond donors (Lipinski definition) is 1. The normalized spacial score (nSPS) is 12.2. The van der Waals surface area contributed by atoms with Gasteiger partial charge in [-0.1, -0.05) is 35.9 Å². The zero-order valence-corrected chi connectivity index (χ0v) is 21.1. The molecule has 0 bridgehead atoms. The van der Waals surface area contributed by atoms with Crippen LogP contribution in [0.4, 0.5) is 5.69 Å². The zero-order valence-electron chi connectivity index (χ0n) is 19.5. The van der Waals surface area contributed by atoms with Gasteiger partial charge in [0, 0.05) is 31.1 Å². The van der Waals surface area contributed by atoms with Crippen molar-refractivity contribution in [3.05, 3.63) is 64.7 Å². The van der Waals surface area contributed by atoms with Gasteiger partial charge in [-0.2, -0.15) is 0 Å². The Hall–Kier alpha value is -2.58. The number of benzene rings is 2. The van der Waals surface area contributed by atoms with Crippen molar-refractivity contribution in [2.24, 2.45) is 0 Å². The number of aryl methyl sites for hydroxylation is 1. The third kappa shape index (κ3) is 8.05. The molecular weight excluding hydrogens is 462 g/mol. The predicted octanol–water partition coefficient (Wildman–Crippen LogP) is 3.75. The number of nitrogens with zero attached hydrogens (tertiary/aromatic N) is 2. The maximum Gasteiger partial charge on any atom is 0.242 e. The van der Waals surface area contributed by atoms with E-state index in [0.29, 0.717) is 23.7 Å². The lowest BCUT2D eigenvalue weighted by molar-refractivity contribution is -0.140. The van der Waals surface area contributed by atoms with Gasteiger partial charge >= 0.3 is 0 Å². The van der Waals surface area contributed by atoms with Gasteiger partial charge in [0.05, 0.1) is 11.9 Å². The first-order valence-corrected chi connectivity index (χ1v) is 13.1. The summed E-state index contributed by atoms with van der Waals surface area (Å²) in [5.74, 6) is -0.460. The quantitative estimate of drug-likeness (QED) is 0.516. The lowest BCUT2D eigenvalue weighted by atomic mass is 10.1. The van der Waals surface area contributed by atoms with Crippen LogP contribution in [0.3, 0.4) is 0 Å². The van der Waals surface area contributed by atoms with Gasteiger partial charge in [-0.15, -0.1) is 0 Å². The Balaban J connectivity index is 2.14. The van der Waals surface area contributed by atoms with Gasteiger partial charge in [0.1, 0.15) is 6.04 Å². The Morgan fingerprint density at radius 1 is 1.12 bits per heavy atom.